The Hall–Kier alpha value is -2.80. The van der Waals surface area contributed by atoms with Crippen molar-refractivity contribution in [2.45, 2.75) is 38.8 Å². The summed E-state index contributed by atoms with van der Waals surface area (Å²) < 4.78 is 26.8. The molecule has 5 nitrogen and oxygen atoms in total. The second-order valence-electron chi connectivity index (χ2n) is 8.88. The number of likely N-dealkylation sites (tertiary alicyclic amines) is 1. The fraction of sp³-hybridized carbons (Fsp3) is 0.440. The van der Waals surface area contributed by atoms with Crippen LogP contribution in [0.25, 0.3) is 0 Å². The smallest absolute Gasteiger partial charge is 0.244 e. The van der Waals surface area contributed by atoms with Crippen LogP contribution in [0, 0.1) is 17.6 Å². The molecule has 0 radical (unpaired) electrons. The quantitative estimate of drug-likeness (QED) is 0.774. The molecule has 1 N–H and O–H groups in total. The third-order valence-corrected chi connectivity index (χ3v) is 6.47. The summed E-state index contributed by atoms with van der Waals surface area (Å²) in [5, 5.41) is 2.73. The monoisotopic (exact) mass is 441 g/mol. The van der Waals surface area contributed by atoms with Crippen LogP contribution in [0.1, 0.15) is 42.5 Å². The predicted octanol–water partition coefficient (Wildman–Crippen LogP) is 3.44. The number of hydrogen-bond donors (Lipinski definition) is 1. The fourth-order valence-electron chi connectivity index (χ4n) is 4.63. The zero-order chi connectivity index (χ0) is 22.7. The van der Waals surface area contributed by atoms with Gasteiger partial charge in [0.25, 0.3) is 0 Å². The molecule has 2 aromatic rings. The highest BCUT2D eigenvalue weighted by Crippen LogP contribution is 2.32. The van der Waals surface area contributed by atoms with E-state index in [1.54, 1.807) is 0 Å². The topological polar surface area (TPSA) is 52.7 Å². The first-order valence-electron chi connectivity index (χ1n) is 11.2. The van der Waals surface area contributed by atoms with Crippen LogP contribution in [0.2, 0.25) is 0 Å². The van der Waals surface area contributed by atoms with Crippen LogP contribution in [0.5, 0.6) is 0 Å². The summed E-state index contributed by atoms with van der Waals surface area (Å²) in [6, 6.07) is 10.6. The van der Waals surface area contributed by atoms with E-state index in [9.17, 15) is 18.4 Å². The van der Waals surface area contributed by atoms with Gasteiger partial charge in [0.15, 0.2) is 0 Å². The minimum Gasteiger partial charge on any atom is -0.351 e. The van der Waals surface area contributed by atoms with Crippen LogP contribution >= 0.6 is 0 Å². The van der Waals surface area contributed by atoms with E-state index < -0.39 is 17.7 Å². The number of fused-ring (bicyclic) bond motifs is 1. The molecule has 0 aliphatic carbocycles. The molecule has 1 saturated heterocycles. The van der Waals surface area contributed by atoms with Crippen molar-refractivity contribution >= 4 is 11.8 Å². The first-order chi connectivity index (χ1) is 15.4. The Morgan fingerprint density at radius 1 is 1.03 bits per heavy atom. The first-order valence-corrected chi connectivity index (χ1v) is 11.2. The molecule has 2 aliphatic rings. The van der Waals surface area contributed by atoms with Crippen LogP contribution in [0.4, 0.5) is 8.78 Å². The summed E-state index contributed by atoms with van der Waals surface area (Å²) in [5.74, 6) is -0.970. The molecule has 0 aromatic heterocycles. The minimum atomic E-state index is -0.677. The minimum absolute atomic E-state index is 0.0283. The van der Waals surface area contributed by atoms with Crippen LogP contribution in [-0.2, 0) is 22.6 Å². The van der Waals surface area contributed by atoms with E-state index in [0.29, 0.717) is 18.0 Å². The van der Waals surface area contributed by atoms with Gasteiger partial charge in [0.1, 0.15) is 17.7 Å². The van der Waals surface area contributed by atoms with Gasteiger partial charge in [0.2, 0.25) is 11.8 Å². The van der Waals surface area contributed by atoms with E-state index in [2.05, 4.69) is 12.2 Å². The van der Waals surface area contributed by atoms with E-state index >= 15 is 0 Å². The molecule has 2 aliphatic heterocycles. The van der Waals surface area contributed by atoms with Crippen molar-refractivity contribution in [2.24, 2.45) is 5.92 Å². The summed E-state index contributed by atoms with van der Waals surface area (Å²) in [4.78, 5) is 30.1. The van der Waals surface area contributed by atoms with Gasteiger partial charge in [0, 0.05) is 32.2 Å². The van der Waals surface area contributed by atoms with Gasteiger partial charge < -0.3 is 10.2 Å². The van der Waals surface area contributed by atoms with Crippen LogP contribution in [0.3, 0.4) is 0 Å². The number of amides is 2. The molecule has 1 atom stereocenters. The summed E-state index contributed by atoms with van der Waals surface area (Å²) >= 11 is 0. The number of benzene rings is 2. The second-order valence-corrected chi connectivity index (χ2v) is 8.88. The molecule has 7 heteroatoms. The van der Waals surface area contributed by atoms with Gasteiger partial charge >= 0.3 is 0 Å². The van der Waals surface area contributed by atoms with Gasteiger partial charge in [-0.05, 0) is 54.0 Å². The molecular weight excluding hydrogens is 412 g/mol. The Morgan fingerprint density at radius 2 is 1.72 bits per heavy atom. The first kappa shape index (κ1) is 22.4. The lowest BCUT2D eigenvalue weighted by Crippen LogP contribution is -2.50. The molecule has 0 bridgehead atoms. The third kappa shape index (κ3) is 5.15. The SMILES string of the molecule is CC1CCN(C(=O)C2c3ccccc3CCN2CC(=O)NCc2cc(F)cc(F)c2)CC1. The molecular formula is C25H29F2N3O2. The Balaban J connectivity index is 1.47. The summed E-state index contributed by atoms with van der Waals surface area (Å²) in [6.45, 7) is 4.36. The van der Waals surface area contributed by atoms with Crippen molar-refractivity contribution in [1.82, 2.24) is 15.1 Å². The zero-order valence-corrected chi connectivity index (χ0v) is 18.3. The lowest BCUT2D eigenvalue weighted by molar-refractivity contribution is -0.140. The van der Waals surface area contributed by atoms with Crippen molar-refractivity contribution < 1.29 is 18.4 Å². The Bertz CT molecular complexity index is 969. The van der Waals surface area contributed by atoms with E-state index in [-0.39, 0.29) is 24.9 Å². The lowest BCUT2D eigenvalue weighted by atomic mass is 9.90. The summed E-state index contributed by atoms with van der Waals surface area (Å²) in [5.41, 5.74) is 2.46. The Morgan fingerprint density at radius 3 is 2.44 bits per heavy atom. The fourth-order valence-corrected chi connectivity index (χ4v) is 4.63. The maximum Gasteiger partial charge on any atom is 0.244 e. The number of nitrogens with one attached hydrogen (secondary N) is 1. The molecule has 0 saturated carbocycles. The number of rotatable bonds is 5. The zero-order valence-electron chi connectivity index (χ0n) is 18.3. The molecule has 1 unspecified atom stereocenters. The van der Waals surface area contributed by atoms with Gasteiger partial charge in [0.05, 0.1) is 6.54 Å². The Labute approximate surface area is 187 Å². The van der Waals surface area contributed by atoms with Gasteiger partial charge in [-0.3, -0.25) is 14.5 Å². The van der Waals surface area contributed by atoms with Crippen molar-refractivity contribution in [2.75, 3.05) is 26.2 Å². The van der Waals surface area contributed by atoms with Crippen molar-refractivity contribution in [3.63, 3.8) is 0 Å². The highest BCUT2D eigenvalue weighted by atomic mass is 19.1. The van der Waals surface area contributed by atoms with E-state index in [0.717, 1.165) is 49.5 Å². The van der Waals surface area contributed by atoms with Crippen molar-refractivity contribution in [1.29, 1.82) is 0 Å². The predicted molar refractivity (Wildman–Crippen MR) is 118 cm³/mol. The number of halogens is 2. The summed E-state index contributed by atoms with van der Waals surface area (Å²) in [7, 11) is 0. The lowest BCUT2D eigenvalue weighted by Gasteiger charge is -2.40. The van der Waals surface area contributed by atoms with E-state index in [1.165, 1.54) is 12.1 Å². The highest BCUT2D eigenvalue weighted by Gasteiger charge is 2.37. The third-order valence-electron chi connectivity index (χ3n) is 6.47. The number of piperidine rings is 1. The Kier molecular flexibility index (Phi) is 6.84. The second kappa shape index (κ2) is 9.77. The van der Waals surface area contributed by atoms with E-state index in [4.69, 9.17) is 0 Å². The van der Waals surface area contributed by atoms with E-state index in [1.807, 2.05) is 34.1 Å². The average molecular weight is 442 g/mol. The standard InChI is InChI=1S/C25H29F2N3O2/c1-17-6-9-29(10-7-17)25(32)24-22-5-3-2-4-19(22)8-11-30(24)16-23(31)28-15-18-12-20(26)14-21(27)13-18/h2-5,12-14,17,24H,6-11,15-16H2,1H3,(H,28,31). The highest BCUT2D eigenvalue weighted by molar-refractivity contribution is 5.85. The van der Waals surface area contributed by atoms with Crippen molar-refractivity contribution in [3.05, 3.63) is 70.8 Å². The summed E-state index contributed by atoms with van der Waals surface area (Å²) in [6.07, 6.45) is 2.74. The van der Waals surface area contributed by atoms with Gasteiger partial charge in [-0.2, -0.15) is 0 Å². The average Bonchev–Trinajstić information content (AvgIpc) is 2.77. The number of nitrogens with zero attached hydrogens (tertiary/aromatic N) is 2. The normalized spacial score (nSPS) is 19.5. The molecule has 2 aromatic carbocycles. The van der Waals surface area contributed by atoms with Gasteiger partial charge in [-0.1, -0.05) is 31.2 Å². The maximum absolute atomic E-state index is 13.5. The maximum atomic E-state index is 13.5. The van der Waals surface area contributed by atoms with Crippen LogP contribution in [0.15, 0.2) is 42.5 Å². The molecule has 0 spiro atoms. The molecule has 170 valence electrons. The van der Waals surface area contributed by atoms with Crippen LogP contribution in [-0.4, -0.2) is 47.8 Å². The largest absolute Gasteiger partial charge is 0.351 e. The molecule has 4 rings (SSSR count). The van der Waals surface area contributed by atoms with Crippen LogP contribution < -0.4 is 5.32 Å². The molecule has 2 heterocycles. The van der Waals surface area contributed by atoms with Gasteiger partial charge in [-0.25, -0.2) is 8.78 Å². The number of carbonyl (C=O) groups excluding carboxylic acids is 2. The van der Waals surface area contributed by atoms with Crippen molar-refractivity contribution in [3.8, 4) is 0 Å². The number of hydrogen-bond acceptors (Lipinski definition) is 3. The molecule has 1 fully saturated rings. The number of carbonyl (C=O) groups is 2. The van der Waals surface area contributed by atoms with Gasteiger partial charge in [-0.15, -0.1) is 0 Å². The molecule has 32 heavy (non-hydrogen) atoms. The molecule has 2 amide bonds.